The molecule has 0 fully saturated rings. The summed E-state index contributed by atoms with van der Waals surface area (Å²) in [4.78, 5) is 10.8. The number of nitrogens with two attached hydrogens (primary N) is 1. The summed E-state index contributed by atoms with van der Waals surface area (Å²) >= 11 is 0. The maximum atomic E-state index is 10.8. The second kappa shape index (κ2) is 6.18. The highest BCUT2D eigenvalue weighted by Crippen LogP contribution is 1.97. The van der Waals surface area contributed by atoms with Crippen LogP contribution in [0.15, 0.2) is 0 Å². The Morgan fingerprint density at radius 3 is 2.23 bits per heavy atom. The number of nitrogens with zero attached hydrogens (tertiary/aromatic N) is 1. The van der Waals surface area contributed by atoms with Crippen LogP contribution in [0.4, 0.5) is 0 Å². The molecule has 0 amide bonds. The fourth-order valence-electron chi connectivity index (χ4n) is 1.07. The van der Waals surface area contributed by atoms with Crippen LogP contribution in [0, 0.1) is 0 Å². The molecule has 0 aromatic rings. The summed E-state index contributed by atoms with van der Waals surface area (Å²) in [6, 6.07) is -0.113. The largest absolute Gasteiger partial charge is 1.00 e. The molecule has 80 valence electrons. The van der Waals surface area contributed by atoms with Crippen molar-refractivity contribution >= 4 is 5.97 Å². The molecule has 0 rings (SSSR count). The van der Waals surface area contributed by atoms with Gasteiger partial charge in [0.05, 0.1) is 47.3 Å². The fraction of sp³-hybridized carbons (Fsp3) is 0.875. The highest BCUT2D eigenvalue weighted by atomic mass is 35.5. The molecule has 0 radical (unpaired) electrons. The van der Waals surface area contributed by atoms with Crippen molar-refractivity contribution in [1.82, 2.24) is 0 Å². The van der Waals surface area contributed by atoms with Crippen molar-refractivity contribution < 1.29 is 26.4 Å². The Morgan fingerprint density at radius 2 is 1.92 bits per heavy atom. The molecule has 5 heteroatoms. The van der Waals surface area contributed by atoms with E-state index in [9.17, 15) is 4.79 Å². The van der Waals surface area contributed by atoms with E-state index in [-0.39, 0.29) is 24.4 Å². The van der Waals surface area contributed by atoms with E-state index in [1.54, 1.807) is 0 Å². The van der Waals surface area contributed by atoms with E-state index in [1.165, 1.54) is 7.11 Å². The highest BCUT2D eigenvalue weighted by molar-refractivity contribution is 5.69. The standard InChI is InChI=1S/C8H19N2O2.ClH/c1-10(2,3)6-7(9)5-8(11)12-4;/h7H,5-6,9H2,1-4H3;1H/q+1;/p-1. The number of quaternary nitrogens is 1. The van der Waals surface area contributed by atoms with E-state index in [0.717, 1.165) is 11.0 Å². The molecule has 0 aliphatic rings. The molecule has 1 unspecified atom stereocenters. The van der Waals surface area contributed by atoms with Crippen LogP contribution in [0.3, 0.4) is 0 Å². The van der Waals surface area contributed by atoms with Crippen LogP contribution in [0.2, 0.25) is 0 Å². The average molecular weight is 211 g/mol. The number of likely N-dealkylation sites (N-methyl/N-ethyl adjacent to an activating group) is 1. The van der Waals surface area contributed by atoms with Crippen LogP contribution < -0.4 is 18.1 Å². The molecule has 0 saturated carbocycles. The minimum Gasteiger partial charge on any atom is -1.00 e. The van der Waals surface area contributed by atoms with Gasteiger partial charge in [0.25, 0.3) is 0 Å². The van der Waals surface area contributed by atoms with Gasteiger partial charge in [0, 0.05) is 0 Å². The monoisotopic (exact) mass is 210 g/mol. The van der Waals surface area contributed by atoms with Crippen LogP contribution >= 0.6 is 0 Å². The van der Waals surface area contributed by atoms with Crippen molar-refractivity contribution in [3.05, 3.63) is 0 Å². The van der Waals surface area contributed by atoms with Crippen LogP contribution in [-0.2, 0) is 9.53 Å². The number of carbonyl (C=O) groups is 1. The number of methoxy groups -OCH3 is 1. The molecule has 0 aliphatic carbocycles. The summed E-state index contributed by atoms with van der Waals surface area (Å²) in [5.74, 6) is -0.240. The summed E-state index contributed by atoms with van der Waals surface area (Å²) in [5, 5.41) is 0. The van der Waals surface area contributed by atoms with Gasteiger partial charge < -0.3 is 27.4 Å². The third kappa shape index (κ3) is 9.60. The highest BCUT2D eigenvalue weighted by Gasteiger charge is 2.17. The van der Waals surface area contributed by atoms with E-state index in [2.05, 4.69) is 4.74 Å². The first-order valence-corrected chi connectivity index (χ1v) is 3.98. The second-order valence-corrected chi connectivity index (χ2v) is 4.01. The van der Waals surface area contributed by atoms with Gasteiger partial charge in [-0.2, -0.15) is 0 Å². The normalized spacial score (nSPS) is 13.0. The maximum Gasteiger partial charge on any atom is 0.307 e. The zero-order valence-electron chi connectivity index (χ0n) is 8.71. The van der Waals surface area contributed by atoms with Crippen LogP contribution in [-0.4, -0.2) is 51.3 Å². The smallest absolute Gasteiger partial charge is 0.307 e. The van der Waals surface area contributed by atoms with Crippen molar-refractivity contribution in [3.63, 3.8) is 0 Å². The molecule has 0 aromatic heterocycles. The first-order valence-electron chi connectivity index (χ1n) is 3.98. The third-order valence-electron chi connectivity index (χ3n) is 1.44. The van der Waals surface area contributed by atoms with Crippen LogP contribution in [0.5, 0.6) is 0 Å². The molecular formula is C8H19ClN2O2. The van der Waals surface area contributed by atoms with Gasteiger partial charge in [-0.05, 0) is 0 Å². The molecule has 4 nitrogen and oxygen atoms in total. The fourth-order valence-corrected chi connectivity index (χ4v) is 1.07. The SMILES string of the molecule is COC(=O)CC(N)C[N+](C)(C)C.[Cl-]. The third-order valence-corrected chi connectivity index (χ3v) is 1.44. The van der Waals surface area contributed by atoms with Gasteiger partial charge in [-0.15, -0.1) is 0 Å². The van der Waals surface area contributed by atoms with Crippen molar-refractivity contribution in [1.29, 1.82) is 0 Å². The molecule has 2 N–H and O–H groups in total. The molecular weight excluding hydrogens is 192 g/mol. The first-order chi connectivity index (χ1) is 5.35. The predicted molar refractivity (Wildman–Crippen MR) is 47.5 cm³/mol. The topological polar surface area (TPSA) is 52.3 Å². The van der Waals surface area contributed by atoms with Gasteiger partial charge in [0.1, 0.15) is 0 Å². The lowest BCUT2D eigenvalue weighted by atomic mass is 10.2. The Morgan fingerprint density at radius 1 is 1.46 bits per heavy atom. The Balaban J connectivity index is 0. The number of halogens is 1. The summed E-state index contributed by atoms with van der Waals surface area (Å²) < 4.78 is 5.27. The molecule has 13 heavy (non-hydrogen) atoms. The number of rotatable bonds is 4. The van der Waals surface area contributed by atoms with E-state index in [4.69, 9.17) is 5.73 Å². The van der Waals surface area contributed by atoms with E-state index < -0.39 is 0 Å². The quantitative estimate of drug-likeness (QED) is 0.389. The van der Waals surface area contributed by atoms with Gasteiger partial charge in [-0.1, -0.05) is 0 Å². The molecule has 0 aliphatic heterocycles. The average Bonchev–Trinajstić information content (AvgIpc) is 1.82. The number of esters is 1. The lowest BCUT2D eigenvalue weighted by molar-refractivity contribution is -0.871. The summed E-state index contributed by atoms with van der Waals surface area (Å²) in [5.41, 5.74) is 5.72. The van der Waals surface area contributed by atoms with Gasteiger partial charge in [0.15, 0.2) is 0 Å². The number of hydrogen-bond acceptors (Lipinski definition) is 3. The minimum atomic E-state index is -0.240. The summed E-state index contributed by atoms with van der Waals surface area (Å²) in [6.07, 6.45) is 0.298. The maximum absolute atomic E-state index is 10.8. The molecule has 0 saturated heterocycles. The van der Waals surface area contributed by atoms with Gasteiger partial charge in [-0.25, -0.2) is 0 Å². The van der Waals surface area contributed by atoms with Crippen LogP contribution in [0.1, 0.15) is 6.42 Å². The number of hydrogen-bond donors (Lipinski definition) is 1. The zero-order chi connectivity index (χ0) is 9.78. The lowest BCUT2D eigenvalue weighted by Crippen LogP contribution is -3.00. The Bertz CT molecular complexity index is 157. The zero-order valence-corrected chi connectivity index (χ0v) is 9.47. The Labute approximate surface area is 86.0 Å². The first kappa shape index (κ1) is 15.2. The van der Waals surface area contributed by atoms with Crippen molar-refractivity contribution in [3.8, 4) is 0 Å². The van der Waals surface area contributed by atoms with Gasteiger partial charge in [0.2, 0.25) is 0 Å². The molecule has 1 atom stereocenters. The van der Waals surface area contributed by atoms with E-state index in [1.807, 2.05) is 21.1 Å². The molecule has 0 bridgehead atoms. The summed E-state index contributed by atoms with van der Waals surface area (Å²) in [6.45, 7) is 0.773. The predicted octanol–water partition coefficient (Wildman–Crippen LogP) is -3.41. The lowest BCUT2D eigenvalue weighted by Gasteiger charge is -2.26. The Kier molecular flexibility index (Phi) is 7.21. The molecule has 0 aromatic carbocycles. The van der Waals surface area contributed by atoms with Crippen molar-refractivity contribution in [2.75, 3.05) is 34.8 Å². The van der Waals surface area contributed by atoms with Crippen LogP contribution in [0.25, 0.3) is 0 Å². The number of ether oxygens (including phenoxy) is 1. The van der Waals surface area contributed by atoms with Crippen molar-refractivity contribution in [2.24, 2.45) is 5.73 Å². The van der Waals surface area contributed by atoms with Crippen molar-refractivity contribution in [2.45, 2.75) is 12.5 Å². The van der Waals surface area contributed by atoms with E-state index >= 15 is 0 Å². The number of carbonyl (C=O) groups excluding carboxylic acids is 1. The Hall–Kier alpha value is -0.320. The molecule has 0 spiro atoms. The molecule has 0 heterocycles. The van der Waals surface area contributed by atoms with E-state index in [0.29, 0.717) is 6.42 Å². The summed E-state index contributed by atoms with van der Waals surface area (Å²) in [7, 11) is 7.49. The minimum absolute atomic E-state index is 0. The van der Waals surface area contributed by atoms with Gasteiger partial charge in [-0.3, -0.25) is 4.79 Å². The second-order valence-electron chi connectivity index (χ2n) is 4.01. The van der Waals surface area contributed by atoms with Gasteiger partial charge >= 0.3 is 5.97 Å².